The van der Waals surface area contributed by atoms with Crippen molar-refractivity contribution >= 4 is 23.4 Å². The largest absolute Gasteiger partial charge is 0.497 e. The van der Waals surface area contributed by atoms with Crippen LogP contribution in [0.1, 0.15) is 12.8 Å². The molecule has 2 amide bonds. The number of nitrogens with zero attached hydrogens (tertiary/aromatic N) is 3. The molecule has 3 rings (SSSR count). The first kappa shape index (κ1) is 16.0. The summed E-state index contributed by atoms with van der Waals surface area (Å²) in [4.78, 5) is 40.6. The summed E-state index contributed by atoms with van der Waals surface area (Å²) >= 11 is 6.01. The molecule has 2 heterocycles. The van der Waals surface area contributed by atoms with E-state index >= 15 is 0 Å². The molecule has 0 saturated carbocycles. The lowest BCUT2D eigenvalue weighted by Crippen LogP contribution is -2.33. The quantitative estimate of drug-likeness (QED) is 0.774. The van der Waals surface area contributed by atoms with Gasteiger partial charge < -0.3 is 9.57 Å². The van der Waals surface area contributed by atoms with Crippen molar-refractivity contribution < 1.29 is 19.2 Å². The molecule has 9 heteroatoms. The van der Waals surface area contributed by atoms with Crippen molar-refractivity contribution in [2.45, 2.75) is 12.8 Å². The normalized spacial score (nSPS) is 14.2. The van der Waals surface area contributed by atoms with E-state index in [4.69, 9.17) is 21.2 Å². The first-order chi connectivity index (χ1) is 11.5. The molecule has 0 bridgehead atoms. The number of methoxy groups -OCH3 is 1. The maximum absolute atomic E-state index is 12.4. The van der Waals surface area contributed by atoms with Crippen LogP contribution in [0.3, 0.4) is 0 Å². The standard InChI is InChI=1S/C15H12ClN3O5/c1-23-10-4-2-9(3-5-10)18-15(22)14(16)11(8-17-18)24-19-12(20)6-7-13(19)21/h2-5,8H,6-7H2,1H3. The van der Waals surface area contributed by atoms with E-state index in [1.165, 1.54) is 13.3 Å². The van der Waals surface area contributed by atoms with Gasteiger partial charge in [-0.05, 0) is 24.3 Å². The Bertz CT molecular complexity index is 846. The summed E-state index contributed by atoms with van der Waals surface area (Å²) in [6.07, 6.45) is 1.30. The van der Waals surface area contributed by atoms with Crippen molar-refractivity contribution in [2.24, 2.45) is 0 Å². The van der Waals surface area contributed by atoms with E-state index in [9.17, 15) is 14.4 Å². The number of hydroxylamine groups is 2. The molecule has 0 spiro atoms. The summed E-state index contributed by atoms with van der Waals surface area (Å²) < 4.78 is 6.12. The van der Waals surface area contributed by atoms with E-state index in [0.29, 0.717) is 16.5 Å². The molecular weight excluding hydrogens is 338 g/mol. The second kappa shape index (κ2) is 6.32. The van der Waals surface area contributed by atoms with Gasteiger partial charge in [-0.3, -0.25) is 14.4 Å². The van der Waals surface area contributed by atoms with E-state index < -0.39 is 17.4 Å². The first-order valence-corrected chi connectivity index (χ1v) is 7.35. The highest BCUT2D eigenvalue weighted by Crippen LogP contribution is 2.23. The number of imide groups is 1. The number of ether oxygens (including phenoxy) is 1. The lowest BCUT2D eigenvalue weighted by Gasteiger charge is -2.15. The summed E-state index contributed by atoms with van der Waals surface area (Å²) in [7, 11) is 1.53. The van der Waals surface area contributed by atoms with Crippen LogP contribution in [-0.4, -0.2) is 33.8 Å². The van der Waals surface area contributed by atoms with Crippen molar-refractivity contribution in [1.29, 1.82) is 0 Å². The highest BCUT2D eigenvalue weighted by Gasteiger charge is 2.32. The Balaban J connectivity index is 1.92. The van der Waals surface area contributed by atoms with Gasteiger partial charge in [0.15, 0.2) is 10.8 Å². The fourth-order valence-electron chi connectivity index (χ4n) is 2.14. The van der Waals surface area contributed by atoms with E-state index in [0.717, 1.165) is 4.68 Å². The van der Waals surface area contributed by atoms with Gasteiger partial charge in [0.25, 0.3) is 17.4 Å². The fraction of sp³-hybridized carbons (Fsp3) is 0.200. The second-order valence-electron chi connectivity index (χ2n) is 4.91. The van der Waals surface area contributed by atoms with Gasteiger partial charge in [0.2, 0.25) is 0 Å². The highest BCUT2D eigenvalue weighted by atomic mass is 35.5. The van der Waals surface area contributed by atoms with E-state index in [1.807, 2.05) is 0 Å². The average Bonchev–Trinajstić information content (AvgIpc) is 2.91. The van der Waals surface area contributed by atoms with Crippen molar-refractivity contribution in [3.63, 3.8) is 0 Å². The molecule has 1 aromatic heterocycles. The molecule has 0 radical (unpaired) electrons. The van der Waals surface area contributed by atoms with Crippen LogP contribution in [0.25, 0.3) is 5.69 Å². The summed E-state index contributed by atoms with van der Waals surface area (Å²) in [6.45, 7) is 0. The SMILES string of the molecule is COc1ccc(-n2ncc(ON3C(=O)CCC3=O)c(Cl)c2=O)cc1. The Kier molecular flexibility index (Phi) is 4.22. The minimum absolute atomic E-state index is 0.0623. The van der Waals surface area contributed by atoms with Gasteiger partial charge in [-0.25, -0.2) is 0 Å². The fourth-order valence-corrected chi connectivity index (χ4v) is 2.31. The van der Waals surface area contributed by atoms with Crippen LogP contribution < -0.4 is 15.1 Å². The maximum atomic E-state index is 12.4. The Labute approximate surface area is 141 Å². The number of benzene rings is 1. The van der Waals surface area contributed by atoms with Gasteiger partial charge >= 0.3 is 0 Å². The van der Waals surface area contributed by atoms with Crippen LogP contribution in [-0.2, 0) is 9.59 Å². The second-order valence-corrected chi connectivity index (χ2v) is 5.29. The Hall–Kier alpha value is -2.87. The molecule has 0 atom stereocenters. The molecule has 0 N–H and O–H groups in total. The van der Waals surface area contributed by atoms with E-state index in [1.54, 1.807) is 24.3 Å². The number of halogens is 1. The van der Waals surface area contributed by atoms with Gasteiger partial charge in [-0.1, -0.05) is 11.6 Å². The molecule has 1 aliphatic rings. The molecule has 8 nitrogen and oxygen atoms in total. The van der Waals surface area contributed by atoms with Gasteiger partial charge in [-0.2, -0.15) is 9.78 Å². The van der Waals surface area contributed by atoms with Crippen LogP contribution in [0, 0.1) is 0 Å². The minimum atomic E-state index is -0.640. The van der Waals surface area contributed by atoms with Crippen LogP contribution >= 0.6 is 11.6 Å². The molecule has 1 fully saturated rings. The molecule has 0 aliphatic carbocycles. The van der Waals surface area contributed by atoms with Gasteiger partial charge in [0.05, 0.1) is 19.0 Å². The summed E-state index contributed by atoms with van der Waals surface area (Å²) in [5.74, 6) is -0.510. The molecule has 1 aliphatic heterocycles. The predicted molar refractivity (Wildman–Crippen MR) is 83.1 cm³/mol. The minimum Gasteiger partial charge on any atom is -0.497 e. The predicted octanol–water partition coefficient (Wildman–Crippen LogP) is 1.34. The number of hydrogen-bond acceptors (Lipinski definition) is 6. The number of aromatic nitrogens is 2. The zero-order chi connectivity index (χ0) is 17.3. The van der Waals surface area contributed by atoms with Crippen molar-refractivity contribution in [3.05, 3.63) is 45.8 Å². The highest BCUT2D eigenvalue weighted by molar-refractivity contribution is 6.31. The molecule has 1 aromatic carbocycles. The lowest BCUT2D eigenvalue weighted by molar-refractivity contribution is -0.164. The summed E-state index contributed by atoms with van der Waals surface area (Å²) in [5, 5.41) is 4.27. The number of hydrogen-bond donors (Lipinski definition) is 0. The van der Waals surface area contributed by atoms with Crippen LogP contribution in [0.4, 0.5) is 0 Å². The zero-order valence-electron chi connectivity index (χ0n) is 12.6. The van der Waals surface area contributed by atoms with Gasteiger partial charge in [0, 0.05) is 12.8 Å². The molecule has 124 valence electrons. The number of carbonyl (C=O) groups is 2. The molecule has 0 unspecified atom stereocenters. The average molecular weight is 350 g/mol. The number of amides is 2. The molecule has 24 heavy (non-hydrogen) atoms. The third kappa shape index (κ3) is 2.83. The molecule has 1 saturated heterocycles. The maximum Gasteiger partial charge on any atom is 0.294 e. The zero-order valence-corrected chi connectivity index (χ0v) is 13.3. The smallest absolute Gasteiger partial charge is 0.294 e. The lowest BCUT2D eigenvalue weighted by atomic mass is 10.3. The Morgan fingerprint density at radius 2 is 1.71 bits per heavy atom. The van der Waals surface area contributed by atoms with Gasteiger partial charge in [-0.15, -0.1) is 5.06 Å². The first-order valence-electron chi connectivity index (χ1n) is 6.97. The Morgan fingerprint density at radius 1 is 1.08 bits per heavy atom. The third-order valence-electron chi connectivity index (χ3n) is 3.40. The topological polar surface area (TPSA) is 90.7 Å². The van der Waals surface area contributed by atoms with Crippen LogP contribution in [0.2, 0.25) is 5.02 Å². The van der Waals surface area contributed by atoms with Crippen molar-refractivity contribution in [2.75, 3.05) is 7.11 Å². The number of rotatable bonds is 4. The monoisotopic (exact) mass is 349 g/mol. The van der Waals surface area contributed by atoms with Crippen LogP contribution in [0.5, 0.6) is 11.5 Å². The van der Waals surface area contributed by atoms with Crippen molar-refractivity contribution in [1.82, 2.24) is 14.8 Å². The summed E-state index contributed by atoms with van der Waals surface area (Å²) in [5.41, 5.74) is -0.166. The van der Waals surface area contributed by atoms with Crippen LogP contribution in [0.15, 0.2) is 35.3 Å². The van der Waals surface area contributed by atoms with E-state index in [-0.39, 0.29) is 23.6 Å². The third-order valence-corrected chi connectivity index (χ3v) is 3.75. The number of carbonyl (C=O) groups excluding carboxylic acids is 2. The van der Waals surface area contributed by atoms with Crippen molar-refractivity contribution in [3.8, 4) is 17.2 Å². The molecular formula is C15H12ClN3O5. The molecule has 2 aromatic rings. The van der Waals surface area contributed by atoms with Gasteiger partial charge in [0.1, 0.15) is 5.75 Å². The van der Waals surface area contributed by atoms with E-state index in [2.05, 4.69) is 5.10 Å². The summed E-state index contributed by atoms with van der Waals surface area (Å²) in [6, 6.07) is 6.61. The Morgan fingerprint density at radius 3 is 2.29 bits per heavy atom.